The highest BCUT2D eigenvalue weighted by Crippen LogP contribution is 2.29. The molecule has 10 heteroatoms. The summed E-state index contributed by atoms with van der Waals surface area (Å²) >= 11 is 0. The number of rotatable bonds is 6. The summed E-state index contributed by atoms with van der Waals surface area (Å²) in [5, 5.41) is 7.71. The smallest absolute Gasteiger partial charge is 0.325 e. The number of amides is 5. The van der Waals surface area contributed by atoms with Crippen LogP contribution in [0.3, 0.4) is 0 Å². The number of benzene rings is 2. The van der Waals surface area contributed by atoms with E-state index in [1.54, 1.807) is 24.3 Å². The van der Waals surface area contributed by atoms with Crippen molar-refractivity contribution in [3.05, 3.63) is 84.1 Å². The van der Waals surface area contributed by atoms with Crippen LogP contribution in [0.15, 0.2) is 71.3 Å². The number of nitrogens with zero attached hydrogens (tertiary/aromatic N) is 1. The van der Waals surface area contributed by atoms with E-state index in [9.17, 15) is 23.6 Å². The highest BCUT2D eigenvalue weighted by Gasteiger charge is 2.51. The maximum atomic E-state index is 13.1. The molecule has 0 saturated carbocycles. The Balaban J connectivity index is 1.46. The van der Waals surface area contributed by atoms with Crippen LogP contribution in [0.25, 0.3) is 0 Å². The summed E-state index contributed by atoms with van der Waals surface area (Å²) in [6, 6.07) is 13.9. The van der Waals surface area contributed by atoms with Crippen LogP contribution in [0.1, 0.15) is 23.0 Å². The molecule has 1 aromatic heterocycles. The summed E-state index contributed by atoms with van der Waals surface area (Å²) < 4.78 is 18.3. The van der Waals surface area contributed by atoms with Gasteiger partial charge in [0, 0.05) is 5.69 Å². The molecule has 5 amide bonds. The third-order valence-corrected chi connectivity index (χ3v) is 5.14. The molecule has 0 radical (unpaired) electrons. The topological polar surface area (TPSA) is 121 Å². The highest BCUT2D eigenvalue weighted by molar-refractivity contribution is 6.12. The molecule has 1 aliphatic rings. The van der Waals surface area contributed by atoms with Gasteiger partial charge in [0.1, 0.15) is 18.1 Å². The van der Waals surface area contributed by atoms with Crippen LogP contribution in [0.2, 0.25) is 0 Å². The van der Waals surface area contributed by atoms with E-state index in [2.05, 4.69) is 16.0 Å². The lowest BCUT2D eigenvalue weighted by atomic mass is 9.99. The molecule has 168 valence electrons. The maximum Gasteiger partial charge on any atom is 0.325 e. The Morgan fingerprint density at radius 1 is 1.03 bits per heavy atom. The summed E-state index contributed by atoms with van der Waals surface area (Å²) in [6.07, 6.45) is 1.38. The van der Waals surface area contributed by atoms with E-state index in [-0.39, 0.29) is 17.0 Å². The van der Waals surface area contributed by atoms with Crippen molar-refractivity contribution in [1.29, 1.82) is 0 Å². The van der Waals surface area contributed by atoms with Crippen LogP contribution in [-0.2, 0) is 15.1 Å². The van der Waals surface area contributed by atoms with Crippen LogP contribution in [-0.4, -0.2) is 35.2 Å². The summed E-state index contributed by atoms with van der Waals surface area (Å²) in [4.78, 5) is 51.3. The number of furan rings is 1. The molecule has 0 unspecified atom stereocenters. The predicted octanol–water partition coefficient (Wildman–Crippen LogP) is 3.08. The van der Waals surface area contributed by atoms with Crippen molar-refractivity contribution in [2.24, 2.45) is 0 Å². The Bertz CT molecular complexity index is 1230. The number of halogens is 1. The first-order valence-electron chi connectivity index (χ1n) is 9.92. The summed E-state index contributed by atoms with van der Waals surface area (Å²) in [5.74, 6) is -2.04. The van der Waals surface area contributed by atoms with Crippen molar-refractivity contribution in [3.63, 3.8) is 0 Å². The monoisotopic (exact) mass is 450 g/mol. The van der Waals surface area contributed by atoms with E-state index in [1.807, 2.05) is 0 Å². The zero-order valence-corrected chi connectivity index (χ0v) is 17.4. The first-order chi connectivity index (χ1) is 15.8. The second kappa shape index (κ2) is 8.58. The van der Waals surface area contributed by atoms with Gasteiger partial charge in [-0.05, 0) is 55.5 Å². The number of para-hydroxylation sites is 1. The summed E-state index contributed by atoms with van der Waals surface area (Å²) in [6.45, 7) is 0.925. The Morgan fingerprint density at radius 3 is 2.45 bits per heavy atom. The number of imide groups is 1. The van der Waals surface area contributed by atoms with Gasteiger partial charge in [-0.15, -0.1) is 0 Å². The van der Waals surface area contributed by atoms with E-state index in [4.69, 9.17) is 4.42 Å². The third-order valence-electron chi connectivity index (χ3n) is 5.14. The van der Waals surface area contributed by atoms with Gasteiger partial charge in [-0.3, -0.25) is 19.3 Å². The maximum absolute atomic E-state index is 13.1. The quantitative estimate of drug-likeness (QED) is 0.499. The zero-order valence-electron chi connectivity index (χ0n) is 17.4. The molecule has 3 N–H and O–H groups in total. The lowest BCUT2D eigenvalue weighted by Crippen LogP contribution is -2.42. The number of hydrogen-bond acceptors (Lipinski definition) is 5. The number of carbonyl (C=O) groups excluding carboxylic acids is 4. The lowest BCUT2D eigenvalue weighted by molar-refractivity contribution is -0.134. The SMILES string of the molecule is C[C@]1(c2ccco2)NC(=O)N(CC(=O)Nc2ccccc2C(=O)Nc2ccc(F)cc2)C1=O. The molecule has 0 bridgehead atoms. The van der Waals surface area contributed by atoms with E-state index < -0.39 is 41.7 Å². The molecule has 0 aliphatic carbocycles. The second-order valence-corrected chi connectivity index (χ2v) is 7.48. The van der Waals surface area contributed by atoms with Crippen LogP contribution in [0, 0.1) is 5.82 Å². The van der Waals surface area contributed by atoms with Gasteiger partial charge >= 0.3 is 6.03 Å². The third kappa shape index (κ3) is 4.31. The van der Waals surface area contributed by atoms with E-state index in [0.29, 0.717) is 5.69 Å². The van der Waals surface area contributed by atoms with Crippen molar-refractivity contribution in [2.45, 2.75) is 12.5 Å². The molecule has 33 heavy (non-hydrogen) atoms. The van der Waals surface area contributed by atoms with Gasteiger partial charge in [-0.1, -0.05) is 12.1 Å². The molecule has 2 aromatic carbocycles. The number of urea groups is 1. The molecule has 2 heterocycles. The minimum Gasteiger partial charge on any atom is -0.466 e. The van der Waals surface area contributed by atoms with Gasteiger partial charge in [-0.25, -0.2) is 9.18 Å². The average Bonchev–Trinajstić information content (AvgIpc) is 3.40. The summed E-state index contributed by atoms with van der Waals surface area (Å²) in [7, 11) is 0. The second-order valence-electron chi connectivity index (χ2n) is 7.48. The molecule has 3 aromatic rings. The highest BCUT2D eigenvalue weighted by atomic mass is 19.1. The largest absolute Gasteiger partial charge is 0.466 e. The van der Waals surface area contributed by atoms with Crippen molar-refractivity contribution in [2.75, 3.05) is 17.2 Å². The molecule has 1 atom stereocenters. The van der Waals surface area contributed by atoms with Crippen LogP contribution in [0.4, 0.5) is 20.6 Å². The Kier molecular flexibility index (Phi) is 5.65. The standard InChI is InChI=1S/C23H19FN4O5/c1-23(18-7-4-12-33-18)21(31)28(22(32)27-23)13-19(29)26-17-6-3-2-5-16(17)20(30)25-15-10-8-14(24)9-11-15/h2-12H,13H2,1H3,(H,25,30)(H,26,29)(H,27,32)/t23-/m1/s1. The van der Waals surface area contributed by atoms with Gasteiger partial charge in [-0.2, -0.15) is 0 Å². The minimum atomic E-state index is -1.42. The number of carbonyl (C=O) groups is 4. The molecular weight excluding hydrogens is 431 g/mol. The normalized spacial score (nSPS) is 17.6. The van der Waals surface area contributed by atoms with Crippen molar-refractivity contribution in [3.8, 4) is 0 Å². The van der Waals surface area contributed by atoms with Gasteiger partial charge in [0.2, 0.25) is 5.91 Å². The molecule has 1 aliphatic heterocycles. The zero-order chi connectivity index (χ0) is 23.6. The Hall–Kier alpha value is -4.47. The molecular formula is C23H19FN4O5. The molecule has 9 nitrogen and oxygen atoms in total. The molecule has 1 fully saturated rings. The lowest BCUT2D eigenvalue weighted by Gasteiger charge is -2.19. The number of anilines is 2. The van der Waals surface area contributed by atoms with Crippen molar-refractivity contribution < 1.29 is 28.0 Å². The van der Waals surface area contributed by atoms with Crippen LogP contribution in [0.5, 0.6) is 0 Å². The van der Waals surface area contributed by atoms with Gasteiger partial charge in [0.05, 0.1) is 17.5 Å². The van der Waals surface area contributed by atoms with Crippen LogP contribution >= 0.6 is 0 Å². The first kappa shape index (κ1) is 21.8. The number of hydrogen-bond donors (Lipinski definition) is 3. The molecule has 0 spiro atoms. The fourth-order valence-corrected chi connectivity index (χ4v) is 3.43. The summed E-state index contributed by atoms with van der Waals surface area (Å²) in [5.41, 5.74) is -0.719. The fraction of sp³-hybridized carbons (Fsp3) is 0.130. The van der Waals surface area contributed by atoms with Crippen molar-refractivity contribution in [1.82, 2.24) is 10.2 Å². The fourth-order valence-electron chi connectivity index (χ4n) is 3.43. The van der Waals surface area contributed by atoms with Gasteiger partial charge < -0.3 is 20.4 Å². The van der Waals surface area contributed by atoms with Gasteiger partial charge in [0.15, 0.2) is 5.54 Å². The predicted molar refractivity (Wildman–Crippen MR) is 116 cm³/mol. The Morgan fingerprint density at radius 2 is 1.76 bits per heavy atom. The van der Waals surface area contributed by atoms with E-state index in [0.717, 1.165) is 4.90 Å². The van der Waals surface area contributed by atoms with Crippen molar-refractivity contribution >= 4 is 35.1 Å². The van der Waals surface area contributed by atoms with E-state index >= 15 is 0 Å². The average molecular weight is 450 g/mol. The Labute approximate surface area is 187 Å². The molecule has 4 rings (SSSR count). The number of nitrogens with one attached hydrogen (secondary N) is 3. The molecule has 1 saturated heterocycles. The van der Waals surface area contributed by atoms with E-state index in [1.165, 1.54) is 49.6 Å². The van der Waals surface area contributed by atoms with Gasteiger partial charge in [0.25, 0.3) is 11.8 Å². The van der Waals surface area contributed by atoms with Crippen LogP contribution < -0.4 is 16.0 Å². The minimum absolute atomic E-state index is 0.146. The first-order valence-corrected chi connectivity index (χ1v) is 9.92.